The van der Waals surface area contributed by atoms with Crippen LogP contribution < -0.4 is 0 Å². The molecule has 0 radical (unpaired) electrons. The van der Waals surface area contributed by atoms with Crippen molar-refractivity contribution in [2.24, 2.45) is 0 Å². The predicted octanol–water partition coefficient (Wildman–Crippen LogP) is 15.0. The summed E-state index contributed by atoms with van der Waals surface area (Å²) < 4.78 is 32.7. The van der Waals surface area contributed by atoms with Crippen LogP contribution in [-0.2, 0) is 32.7 Å². The van der Waals surface area contributed by atoms with Crippen LogP contribution in [0.3, 0.4) is 0 Å². The molecule has 0 amide bonds. The second-order valence-corrected chi connectivity index (χ2v) is 17.2. The number of phosphoric ester groups is 1. The number of allylic oxidation sites excluding steroid dienone is 4. The maximum Gasteiger partial charge on any atom is 0.472 e. The molecule has 8 nitrogen and oxygen atoms in total. The lowest BCUT2D eigenvalue weighted by molar-refractivity contribution is -0.161. The molecule has 0 aromatic carbocycles. The molecule has 56 heavy (non-hydrogen) atoms. The average molecular weight is 813 g/mol. The maximum absolute atomic E-state index is 12.6. The number of rotatable bonds is 44. The molecule has 0 spiro atoms. The van der Waals surface area contributed by atoms with E-state index in [0.29, 0.717) is 12.8 Å². The highest BCUT2D eigenvalue weighted by Gasteiger charge is 2.25. The van der Waals surface area contributed by atoms with Crippen LogP contribution in [0.15, 0.2) is 24.3 Å². The van der Waals surface area contributed by atoms with Crippen LogP contribution in [0.25, 0.3) is 0 Å². The lowest BCUT2D eigenvalue weighted by Gasteiger charge is -2.19. The van der Waals surface area contributed by atoms with Crippen LogP contribution in [0, 0.1) is 0 Å². The molecule has 0 aromatic rings. The van der Waals surface area contributed by atoms with E-state index < -0.39 is 26.5 Å². The molecule has 0 aliphatic rings. The molecule has 2 atom stereocenters. The van der Waals surface area contributed by atoms with Gasteiger partial charge in [0.15, 0.2) is 6.10 Å². The number of carbonyl (C=O) groups is 2. The van der Waals surface area contributed by atoms with Gasteiger partial charge in [0.05, 0.1) is 13.2 Å². The predicted molar refractivity (Wildman–Crippen MR) is 235 cm³/mol. The Morgan fingerprint density at radius 2 is 0.857 bits per heavy atom. The van der Waals surface area contributed by atoms with Crippen molar-refractivity contribution in [3.05, 3.63) is 24.3 Å². The van der Waals surface area contributed by atoms with Gasteiger partial charge in [0.25, 0.3) is 0 Å². The normalized spacial score (nSPS) is 13.4. The van der Waals surface area contributed by atoms with Gasteiger partial charge in [0.1, 0.15) is 6.61 Å². The topological polar surface area (TPSA) is 108 Å². The molecule has 0 aliphatic carbocycles. The smallest absolute Gasteiger partial charge is 0.462 e. The molecule has 330 valence electrons. The van der Waals surface area contributed by atoms with Crippen molar-refractivity contribution in [1.29, 1.82) is 0 Å². The van der Waals surface area contributed by atoms with Crippen molar-refractivity contribution in [3.63, 3.8) is 0 Å². The highest BCUT2D eigenvalue weighted by atomic mass is 31.2. The van der Waals surface area contributed by atoms with Gasteiger partial charge in [-0.1, -0.05) is 199 Å². The zero-order valence-corrected chi connectivity index (χ0v) is 37.7. The van der Waals surface area contributed by atoms with Crippen molar-refractivity contribution in [2.45, 2.75) is 245 Å². The zero-order valence-electron chi connectivity index (χ0n) is 36.8. The van der Waals surface area contributed by atoms with E-state index in [4.69, 9.17) is 18.5 Å². The van der Waals surface area contributed by atoms with E-state index in [1.807, 2.05) is 0 Å². The fourth-order valence-electron chi connectivity index (χ4n) is 6.78. The van der Waals surface area contributed by atoms with Gasteiger partial charge in [-0.15, -0.1) is 0 Å². The number of hydrogen-bond acceptors (Lipinski definition) is 7. The van der Waals surface area contributed by atoms with Gasteiger partial charge in [0, 0.05) is 12.8 Å². The largest absolute Gasteiger partial charge is 0.472 e. The third-order valence-corrected chi connectivity index (χ3v) is 11.3. The first-order valence-electron chi connectivity index (χ1n) is 23.6. The SMILES string of the molecule is CCCCCC/C=C\C/C=C\CCCCCCCC(=O)OC(COC(=O)CCCCCCCCCCCCCCCCCCCCCC)COP(=O)(O)OCC. The van der Waals surface area contributed by atoms with Crippen molar-refractivity contribution in [3.8, 4) is 0 Å². The number of unbranched alkanes of at least 4 members (excludes halogenated alkanes) is 28. The van der Waals surface area contributed by atoms with Crippen molar-refractivity contribution in [1.82, 2.24) is 0 Å². The number of ether oxygens (including phenoxy) is 2. The fourth-order valence-corrected chi connectivity index (χ4v) is 7.53. The number of esters is 2. The number of phosphoric acid groups is 1. The Morgan fingerprint density at radius 3 is 1.29 bits per heavy atom. The molecule has 0 saturated carbocycles. The van der Waals surface area contributed by atoms with E-state index in [-0.39, 0.29) is 25.6 Å². The van der Waals surface area contributed by atoms with E-state index in [1.165, 1.54) is 141 Å². The lowest BCUT2D eigenvalue weighted by Crippen LogP contribution is -2.29. The highest BCUT2D eigenvalue weighted by Crippen LogP contribution is 2.43. The van der Waals surface area contributed by atoms with Crippen LogP contribution >= 0.6 is 7.82 Å². The van der Waals surface area contributed by atoms with E-state index in [1.54, 1.807) is 6.92 Å². The third-order valence-electron chi connectivity index (χ3n) is 10.3. The summed E-state index contributed by atoms with van der Waals surface area (Å²) in [6.45, 7) is 5.48. The summed E-state index contributed by atoms with van der Waals surface area (Å²) >= 11 is 0. The molecule has 1 N–H and O–H groups in total. The summed E-state index contributed by atoms with van der Waals surface area (Å²) in [6, 6.07) is 0. The van der Waals surface area contributed by atoms with Crippen molar-refractivity contribution >= 4 is 19.8 Å². The van der Waals surface area contributed by atoms with E-state index in [9.17, 15) is 19.0 Å². The fraction of sp³-hybridized carbons (Fsp3) is 0.872. The Morgan fingerprint density at radius 1 is 0.482 bits per heavy atom. The Balaban J connectivity index is 4.00. The van der Waals surface area contributed by atoms with Gasteiger partial charge >= 0.3 is 19.8 Å². The second-order valence-electron chi connectivity index (χ2n) is 15.8. The summed E-state index contributed by atoms with van der Waals surface area (Å²) in [7, 11) is -4.28. The van der Waals surface area contributed by atoms with Crippen LogP contribution in [0.1, 0.15) is 239 Å². The number of carbonyl (C=O) groups excluding carboxylic acids is 2. The summed E-state index contributed by atoms with van der Waals surface area (Å²) in [5.74, 6) is -0.802. The molecular formula is C47H89O8P. The first-order valence-corrected chi connectivity index (χ1v) is 25.1. The summed E-state index contributed by atoms with van der Waals surface area (Å²) in [5.41, 5.74) is 0. The number of hydrogen-bond donors (Lipinski definition) is 1. The van der Waals surface area contributed by atoms with Gasteiger partial charge in [-0.3, -0.25) is 18.6 Å². The second kappa shape index (κ2) is 43.1. The molecular weight excluding hydrogens is 723 g/mol. The van der Waals surface area contributed by atoms with Gasteiger partial charge in [-0.05, 0) is 51.9 Å². The Labute approximate surface area is 345 Å². The lowest BCUT2D eigenvalue weighted by atomic mass is 10.0. The Hall–Kier alpha value is -1.47. The quantitative estimate of drug-likeness (QED) is 0.0280. The summed E-state index contributed by atoms with van der Waals surface area (Å²) in [6.07, 6.45) is 48.1. The zero-order chi connectivity index (χ0) is 41.1. The minimum atomic E-state index is -4.28. The van der Waals surface area contributed by atoms with Gasteiger partial charge < -0.3 is 14.4 Å². The van der Waals surface area contributed by atoms with Crippen LogP contribution in [-0.4, -0.2) is 42.8 Å². The monoisotopic (exact) mass is 813 g/mol. The minimum Gasteiger partial charge on any atom is -0.462 e. The maximum atomic E-state index is 12.6. The van der Waals surface area contributed by atoms with Crippen LogP contribution in [0.5, 0.6) is 0 Å². The standard InChI is InChI=1S/C47H89O8P/c1-4-7-9-11-13-15-17-19-21-23-24-25-26-28-29-31-33-35-37-39-41-46(48)52-43-45(44-54-56(50,51)53-6-3)55-47(49)42-40-38-36-34-32-30-27-22-20-18-16-14-12-10-8-5-2/h16,18,22,27,45H,4-15,17,19-21,23-26,28-44H2,1-3H3,(H,50,51)/b18-16-,27-22-. The third kappa shape index (κ3) is 42.1. The molecule has 0 rings (SSSR count). The van der Waals surface area contributed by atoms with Gasteiger partial charge in [0.2, 0.25) is 0 Å². The average Bonchev–Trinajstić information content (AvgIpc) is 3.18. The molecule has 2 unspecified atom stereocenters. The first-order chi connectivity index (χ1) is 27.3. The highest BCUT2D eigenvalue weighted by molar-refractivity contribution is 7.47. The summed E-state index contributed by atoms with van der Waals surface area (Å²) in [5, 5.41) is 0. The van der Waals surface area contributed by atoms with Crippen molar-refractivity contribution < 1.29 is 37.6 Å². The molecule has 9 heteroatoms. The molecule has 0 aromatic heterocycles. The van der Waals surface area contributed by atoms with Gasteiger partial charge in [-0.25, -0.2) is 4.57 Å². The molecule has 0 heterocycles. The minimum absolute atomic E-state index is 0.000417. The molecule has 0 saturated heterocycles. The van der Waals surface area contributed by atoms with Crippen molar-refractivity contribution in [2.75, 3.05) is 19.8 Å². The van der Waals surface area contributed by atoms with E-state index in [2.05, 4.69) is 38.2 Å². The van der Waals surface area contributed by atoms with Crippen LogP contribution in [0.4, 0.5) is 0 Å². The Bertz CT molecular complexity index is 968. The van der Waals surface area contributed by atoms with Gasteiger partial charge in [-0.2, -0.15) is 0 Å². The molecule has 0 aliphatic heterocycles. The van der Waals surface area contributed by atoms with Crippen LogP contribution in [0.2, 0.25) is 0 Å². The van der Waals surface area contributed by atoms with E-state index in [0.717, 1.165) is 57.8 Å². The first kappa shape index (κ1) is 54.5. The summed E-state index contributed by atoms with van der Waals surface area (Å²) in [4.78, 5) is 34.8. The Kier molecular flexibility index (Phi) is 42.0. The molecule has 0 fully saturated rings. The van der Waals surface area contributed by atoms with E-state index >= 15 is 0 Å². The molecule has 0 bridgehead atoms.